The number of carbonyl (C=O) groups is 1. The van der Waals surface area contributed by atoms with Gasteiger partial charge in [0, 0.05) is 11.3 Å². The lowest BCUT2D eigenvalue weighted by Gasteiger charge is -2.09. The van der Waals surface area contributed by atoms with Crippen LogP contribution in [0.4, 0.5) is 0 Å². The second-order valence-corrected chi connectivity index (χ2v) is 4.39. The van der Waals surface area contributed by atoms with Crippen LogP contribution < -0.4 is 0 Å². The lowest BCUT2D eigenvalue weighted by Crippen LogP contribution is -2.00. The Kier molecular flexibility index (Phi) is 2.32. The fourth-order valence-electron chi connectivity index (χ4n) is 1.59. The van der Waals surface area contributed by atoms with Gasteiger partial charge in [-0.15, -0.1) is 11.3 Å². The molecule has 0 atom stereocenters. The number of ketones is 1. The fourth-order valence-corrected chi connectivity index (χ4v) is 2.53. The summed E-state index contributed by atoms with van der Waals surface area (Å²) < 4.78 is 0. The molecular weight excluding hydrogens is 180 g/mol. The molecule has 1 aromatic heterocycles. The Morgan fingerprint density at radius 3 is 2.85 bits per heavy atom. The third-order valence-corrected chi connectivity index (χ3v) is 3.38. The van der Waals surface area contributed by atoms with E-state index in [-0.39, 0.29) is 5.78 Å². The third kappa shape index (κ3) is 1.89. The lowest BCUT2D eigenvalue weighted by atomic mass is 9.97. The van der Waals surface area contributed by atoms with Crippen molar-refractivity contribution in [2.75, 3.05) is 0 Å². The first-order chi connectivity index (χ1) is 6.25. The second kappa shape index (κ2) is 3.46. The molecule has 0 bridgehead atoms. The van der Waals surface area contributed by atoms with Gasteiger partial charge in [0.05, 0.1) is 0 Å². The molecule has 1 aliphatic carbocycles. The van der Waals surface area contributed by atoms with Crippen LogP contribution in [0.1, 0.15) is 29.7 Å². The summed E-state index contributed by atoms with van der Waals surface area (Å²) in [5, 5.41) is 2.13. The number of aryl methyl sites for hydroxylation is 1. The molecule has 0 saturated heterocycles. The van der Waals surface area contributed by atoms with Crippen molar-refractivity contribution in [3.63, 3.8) is 0 Å². The van der Waals surface area contributed by atoms with Gasteiger partial charge in [-0.05, 0) is 48.4 Å². The van der Waals surface area contributed by atoms with E-state index < -0.39 is 0 Å². The van der Waals surface area contributed by atoms with Gasteiger partial charge in [-0.3, -0.25) is 4.79 Å². The molecule has 0 radical (unpaired) electrons. The van der Waals surface area contributed by atoms with Gasteiger partial charge < -0.3 is 0 Å². The van der Waals surface area contributed by atoms with Crippen LogP contribution in [0, 0.1) is 6.92 Å². The number of rotatable bonds is 1. The third-order valence-electron chi connectivity index (χ3n) is 2.25. The molecule has 0 spiro atoms. The summed E-state index contributed by atoms with van der Waals surface area (Å²) in [6, 6.07) is 2.16. The molecule has 1 aliphatic rings. The average molecular weight is 192 g/mol. The van der Waals surface area contributed by atoms with Crippen LogP contribution in [0.5, 0.6) is 0 Å². The van der Waals surface area contributed by atoms with Gasteiger partial charge in [-0.1, -0.05) is 0 Å². The summed E-state index contributed by atoms with van der Waals surface area (Å²) in [6.07, 6.45) is 4.62. The van der Waals surface area contributed by atoms with Crippen LogP contribution in [0.15, 0.2) is 17.5 Å². The van der Waals surface area contributed by atoms with Crippen molar-refractivity contribution in [3.8, 4) is 0 Å². The minimum absolute atomic E-state index is 0.285. The molecule has 0 aliphatic heterocycles. The summed E-state index contributed by atoms with van der Waals surface area (Å²) >= 11 is 1.74. The summed E-state index contributed by atoms with van der Waals surface area (Å²) in [6.45, 7) is 2.09. The van der Waals surface area contributed by atoms with Gasteiger partial charge in [-0.2, -0.15) is 0 Å². The number of hydrogen-bond donors (Lipinski definition) is 0. The molecule has 0 amide bonds. The molecule has 0 saturated carbocycles. The maximum atomic E-state index is 11.2. The van der Waals surface area contributed by atoms with Crippen molar-refractivity contribution < 1.29 is 4.79 Å². The molecular formula is C11H12OS. The summed E-state index contributed by atoms with van der Waals surface area (Å²) in [5.74, 6) is 0.285. The molecule has 1 aromatic rings. The van der Waals surface area contributed by atoms with E-state index in [2.05, 4.69) is 18.4 Å². The Labute approximate surface area is 82.1 Å². The van der Waals surface area contributed by atoms with Crippen LogP contribution in [0.3, 0.4) is 0 Å². The van der Waals surface area contributed by atoms with E-state index in [1.807, 2.05) is 6.08 Å². The van der Waals surface area contributed by atoms with E-state index in [1.54, 1.807) is 11.3 Å². The quantitative estimate of drug-likeness (QED) is 0.667. The molecule has 0 fully saturated rings. The average Bonchev–Trinajstić information content (AvgIpc) is 2.52. The number of allylic oxidation sites excluding steroid dienone is 2. The largest absolute Gasteiger partial charge is 0.295 e. The predicted molar refractivity (Wildman–Crippen MR) is 55.9 cm³/mol. The first-order valence-corrected chi connectivity index (χ1v) is 5.42. The highest BCUT2D eigenvalue weighted by molar-refractivity contribution is 7.11. The molecule has 2 rings (SSSR count). The summed E-state index contributed by atoms with van der Waals surface area (Å²) in [7, 11) is 0. The van der Waals surface area contributed by atoms with E-state index in [1.165, 1.54) is 16.0 Å². The topological polar surface area (TPSA) is 17.1 Å². The molecule has 68 valence electrons. The monoisotopic (exact) mass is 192 g/mol. The van der Waals surface area contributed by atoms with Crippen molar-refractivity contribution >= 4 is 22.7 Å². The molecule has 0 aromatic carbocycles. The smallest absolute Gasteiger partial charge is 0.156 e. The highest BCUT2D eigenvalue weighted by atomic mass is 32.1. The van der Waals surface area contributed by atoms with E-state index >= 15 is 0 Å². The highest BCUT2D eigenvalue weighted by Gasteiger charge is 2.12. The van der Waals surface area contributed by atoms with E-state index in [4.69, 9.17) is 0 Å². The van der Waals surface area contributed by atoms with Crippen molar-refractivity contribution in [1.82, 2.24) is 0 Å². The van der Waals surface area contributed by atoms with Crippen LogP contribution in [-0.4, -0.2) is 5.78 Å². The van der Waals surface area contributed by atoms with Crippen LogP contribution in [-0.2, 0) is 4.79 Å². The van der Waals surface area contributed by atoms with Gasteiger partial charge in [0.25, 0.3) is 0 Å². The van der Waals surface area contributed by atoms with Crippen LogP contribution >= 0.6 is 11.3 Å². The Hall–Kier alpha value is -0.890. The van der Waals surface area contributed by atoms with Gasteiger partial charge in [0.15, 0.2) is 5.78 Å². The Balaban J connectivity index is 2.30. The van der Waals surface area contributed by atoms with Crippen LogP contribution in [0.2, 0.25) is 0 Å². The predicted octanol–water partition coefficient (Wildman–Crippen LogP) is 3.19. The molecule has 13 heavy (non-hydrogen) atoms. The SMILES string of the molecule is Cc1csc(C2=CC(=O)CCC2)c1. The fraction of sp³-hybridized carbons (Fsp3) is 0.364. The number of carbonyl (C=O) groups excluding carboxylic acids is 1. The molecule has 0 N–H and O–H groups in total. The van der Waals surface area contributed by atoms with Gasteiger partial charge in [0.2, 0.25) is 0 Å². The maximum Gasteiger partial charge on any atom is 0.156 e. The summed E-state index contributed by atoms with van der Waals surface area (Å²) in [5.41, 5.74) is 2.52. The second-order valence-electron chi connectivity index (χ2n) is 3.48. The summed E-state index contributed by atoms with van der Waals surface area (Å²) in [4.78, 5) is 12.5. The first kappa shape index (κ1) is 8.70. The molecule has 1 nitrogen and oxygen atoms in total. The zero-order chi connectivity index (χ0) is 9.26. The van der Waals surface area contributed by atoms with Gasteiger partial charge >= 0.3 is 0 Å². The van der Waals surface area contributed by atoms with E-state index in [0.29, 0.717) is 0 Å². The zero-order valence-corrected chi connectivity index (χ0v) is 8.49. The standard InChI is InChI=1S/C11H12OS/c1-8-5-11(13-7-8)9-3-2-4-10(12)6-9/h5-7H,2-4H2,1H3. The van der Waals surface area contributed by atoms with Gasteiger partial charge in [-0.25, -0.2) is 0 Å². The Morgan fingerprint density at radius 2 is 2.23 bits per heavy atom. The van der Waals surface area contributed by atoms with Gasteiger partial charge in [0.1, 0.15) is 0 Å². The minimum Gasteiger partial charge on any atom is -0.295 e. The highest BCUT2D eigenvalue weighted by Crippen LogP contribution is 2.29. The van der Waals surface area contributed by atoms with Crippen molar-refractivity contribution in [1.29, 1.82) is 0 Å². The Bertz CT molecular complexity index is 360. The van der Waals surface area contributed by atoms with E-state index in [0.717, 1.165) is 19.3 Å². The molecule has 0 unspecified atom stereocenters. The maximum absolute atomic E-state index is 11.2. The Morgan fingerprint density at radius 1 is 1.38 bits per heavy atom. The zero-order valence-electron chi connectivity index (χ0n) is 7.67. The van der Waals surface area contributed by atoms with Crippen LogP contribution in [0.25, 0.3) is 5.57 Å². The normalized spacial score (nSPS) is 17.3. The number of hydrogen-bond acceptors (Lipinski definition) is 2. The molecule has 2 heteroatoms. The lowest BCUT2D eigenvalue weighted by molar-refractivity contribution is -0.114. The van der Waals surface area contributed by atoms with Crippen molar-refractivity contribution in [2.24, 2.45) is 0 Å². The minimum atomic E-state index is 0.285. The van der Waals surface area contributed by atoms with E-state index in [9.17, 15) is 4.79 Å². The van der Waals surface area contributed by atoms with Crippen molar-refractivity contribution in [3.05, 3.63) is 28.0 Å². The van der Waals surface area contributed by atoms with Crippen molar-refractivity contribution in [2.45, 2.75) is 26.2 Å². The molecule has 1 heterocycles. The first-order valence-electron chi connectivity index (χ1n) is 4.54. The number of thiophene rings is 1.